The number of piperazine rings is 1. The number of carbonyl (C=O) groups excluding carboxylic acids is 3. The highest BCUT2D eigenvalue weighted by atomic mass is 35.5. The molecule has 0 saturated carbocycles. The van der Waals surface area contributed by atoms with Crippen molar-refractivity contribution in [2.24, 2.45) is 5.92 Å². The molecule has 3 aromatic rings. The lowest BCUT2D eigenvalue weighted by molar-refractivity contribution is -0.134. The molecule has 0 radical (unpaired) electrons. The highest BCUT2D eigenvalue weighted by molar-refractivity contribution is 6.31. The Morgan fingerprint density at radius 3 is 2.52 bits per heavy atom. The van der Waals surface area contributed by atoms with E-state index in [1.807, 2.05) is 28.0 Å². The molecule has 4 heterocycles. The number of anilines is 2. The number of nitrogens with zero attached hydrogens (tertiary/aromatic N) is 4. The van der Waals surface area contributed by atoms with E-state index in [0.29, 0.717) is 115 Å². The third-order valence-electron chi connectivity index (χ3n) is 10.3. The van der Waals surface area contributed by atoms with Crippen molar-refractivity contribution in [3.8, 4) is 5.75 Å². The zero-order chi connectivity index (χ0) is 36.9. The molecule has 1 aromatic heterocycles. The monoisotopic (exact) mass is 732 g/mol. The summed E-state index contributed by atoms with van der Waals surface area (Å²) in [5, 5.41) is 15.7. The molecule has 12 nitrogen and oxygen atoms in total. The van der Waals surface area contributed by atoms with Gasteiger partial charge in [-0.1, -0.05) is 24.8 Å². The smallest absolute Gasteiger partial charge is 0.269 e. The number of ether oxygens (including phenoxy) is 1. The van der Waals surface area contributed by atoms with Crippen molar-refractivity contribution in [1.29, 1.82) is 0 Å². The number of methoxy groups -OCH3 is 1. The second kappa shape index (κ2) is 16.2. The molecule has 6 rings (SSSR count). The summed E-state index contributed by atoms with van der Waals surface area (Å²) in [5.74, 6) is 0.243. The van der Waals surface area contributed by atoms with Crippen LogP contribution in [0, 0.1) is 11.7 Å². The number of piperidine rings is 2. The second-order valence-corrected chi connectivity index (χ2v) is 14.0. The number of H-pyrrole nitrogens is 1. The molecule has 0 bridgehead atoms. The summed E-state index contributed by atoms with van der Waals surface area (Å²) in [7, 11) is 3.15. The van der Waals surface area contributed by atoms with E-state index in [1.54, 1.807) is 26.4 Å². The van der Waals surface area contributed by atoms with E-state index in [4.69, 9.17) is 16.3 Å². The first-order chi connectivity index (χ1) is 25.0. The molecule has 2 aromatic carbocycles. The van der Waals surface area contributed by atoms with E-state index in [1.165, 1.54) is 6.07 Å². The minimum Gasteiger partial charge on any atom is -0.496 e. The van der Waals surface area contributed by atoms with Crippen LogP contribution in [-0.2, 0) is 16.1 Å². The Kier molecular flexibility index (Phi) is 11.5. The molecule has 3 saturated heterocycles. The molecule has 0 spiro atoms. The average Bonchev–Trinajstić information content (AvgIpc) is 3.64. The molecule has 3 amide bonds. The number of benzene rings is 2. The predicted octanol–water partition coefficient (Wildman–Crippen LogP) is 4.79. The molecule has 52 heavy (non-hydrogen) atoms. The number of rotatable bonds is 11. The summed E-state index contributed by atoms with van der Waals surface area (Å²) in [6, 6.07) is 8.30. The third kappa shape index (κ3) is 8.26. The lowest BCUT2D eigenvalue weighted by Gasteiger charge is -2.37. The normalized spacial score (nSPS) is 18.6. The number of hydrogen-bond acceptors (Lipinski definition) is 8. The molecule has 3 fully saturated rings. The number of allylic oxidation sites excluding steroid dienone is 1. The van der Waals surface area contributed by atoms with Gasteiger partial charge in [0.15, 0.2) is 0 Å². The van der Waals surface area contributed by atoms with Gasteiger partial charge in [-0.2, -0.15) is 5.10 Å². The number of aromatic nitrogens is 2. The van der Waals surface area contributed by atoms with Crippen LogP contribution in [0.3, 0.4) is 0 Å². The Morgan fingerprint density at radius 1 is 1.10 bits per heavy atom. The number of halogens is 2. The number of aromatic amines is 1. The fourth-order valence-electron chi connectivity index (χ4n) is 7.19. The lowest BCUT2D eigenvalue weighted by Crippen LogP contribution is -2.49. The van der Waals surface area contributed by atoms with Gasteiger partial charge in [0, 0.05) is 86.8 Å². The van der Waals surface area contributed by atoms with Crippen LogP contribution in [0.15, 0.2) is 55.4 Å². The van der Waals surface area contributed by atoms with Gasteiger partial charge in [-0.25, -0.2) is 4.39 Å². The first-order valence-electron chi connectivity index (χ1n) is 17.7. The quantitative estimate of drug-likeness (QED) is 0.221. The molecular formula is C38H46ClFN8O4. The highest BCUT2D eigenvalue weighted by Crippen LogP contribution is 2.35. The van der Waals surface area contributed by atoms with Gasteiger partial charge in [0.25, 0.3) is 5.91 Å². The topological polar surface area (TPSA) is 135 Å². The fourth-order valence-corrected chi connectivity index (χ4v) is 7.46. The van der Waals surface area contributed by atoms with Crippen molar-refractivity contribution < 1.29 is 23.5 Å². The van der Waals surface area contributed by atoms with Gasteiger partial charge < -0.3 is 30.5 Å². The molecule has 3 aliphatic heterocycles. The van der Waals surface area contributed by atoms with E-state index >= 15 is 4.39 Å². The Morgan fingerprint density at radius 2 is 1.85 bits per heavy atom. The van der Waals surface area contributed by atoms with Crippen molar-refractivity contribution in [3.63, 3.8) is 0 Å². The maximum atomic E-state index is 15.2. The predicted molar refractivity (Wildman–Crippen MR) is 200 cm³/mol. The van der Waals surface area contributed by atoms with Crippen LogP contribution in [-0.4, -0.2) is 97.2 Å². The summed E-state index contributed by atoms with van der Waals surface area (Å²) in [4.78, 5) is 44.1. The molecule has 1 unspecified atom stereocenters. The van der Waals surface area contributed by atoms with Gasteiger partial charge in [0.2, 0.25) is 11.8 Å². The van der Waals surface area contributed by atoms with Crippen LogP contribution in [0.4, 0.5) is 15.8 Å². The molecule has 1 atom stereocenters. The summed E-state index contributed by atoms with van der Waals surface area (Å²) < 4.78 is 20.9. The lowest BCUT2D eigenvalue weighted by atomic mass is 9.92. The van der Waals surface area contributed by atoms with E-state index < -0.39 is 6.04 Å². The summed E-state index contributed by atoms with van der Waals surface area (Å²) in [6.07, 6.45) is 4.97. The zero-order valence-electron chi connectivity index (χ0n) is 29.7. The molecular weight excluding hydrogens is 687 g/mol. The zero-order valence-corrected chi connectivity index (χ0v) is 30.5. The van der Waals surface area contributed by atoms with Crippen LogP contribution in [0.1, 0.15) is 59.3 Å². The van der Waals surface area contributed by atoms with Crippen molar-refractivity contribution >= 4 is 46.3 Å². The summed E-state index contributed by atoms with van der Waals surface area (Å²) in [5.41, 5.74) is 4.85. The van der Waals surface area contributed by atoms with Gasteiger partial charge in [-0.3, -0.25) is 24.4 Å². The standard InChI is InChI=1S/C38H46ClFN8O4/c1-23-5-7-32(37(50)43-23)44-27-6-8-33(31(40)20-27)47-11-9-25(10-12-47)17-35(49)48-15-13-46(14-16-48)22-29-30(39)18-26(19-34(29)52-4)24(2)28-21-42-45-36(28)38(51)41-3/h6,8,18-21,25,32,44H,1-2,5,7,9-17,22H2,3-4H3,(H,41,51)(H,42,45)(H,43,50). The number of amides is 3. The SMILES string of the molecule is C=C1CCC(Nc2ccc(N3CCC(CC(=O)N4CCN(Cc5c(Cl)cc(C(=C)c6cn[nH]c6C(=O)NC)cc5OC)CC4)CC3)c(F)c2)C(=O)N1. The van der Waals surface area contributed by atoms with Gasteiger partial charge in [0.1, 0.15) is 23.3 Å². The molecule has 3 aliphatic rings. The van der Waals surface area contributed by atoms with E-state index in [0.717, 1.165) is 18.4 Å². The van der Waals surface area contributed by atoms with Crippen LogP contribution in [0.25, 0.3) is 5.57 Å². The van der Waals surface area contributed by atoms with Crippen molar-refractivity contribution in [2.45, 2.75) is 44.7 Å². The largest absolute Gasteiger partial charge is 0.496 e. The second-order valence-electron chi connectivity index (χ2n) is 13.6. The van der Waals surface area contributed by atoms with E-state index in [-0.39, 0.29) is 29.5 Å². The van der Waals surface area contributed by atoms with Crippen molar-refractivity contribution in [1.82, 2.24) is 30.6 Å². The molecule has 276 valence electrons. The van der Waals surface area contributed by atoms with Crippen LogP contribution >= 0.6 is 11.6 Å². The number of nitrogens with one attached hydrogen (secondary N) is 4. The summed E-state index contributed by atoms with van der Waals surface area (Å²) in [6.45, 7) is 12.5. The first-order valence-corrected chi connectivity index (χ1v) is 18.0. The van der Waals surface area contributed by atoms with Crippen molar-refractivity contribution in [2.75, 3.05) is 63.6 Å². The minimum absolute atomic E-state index is 0.151. The maximum absolute atomic E-state index is 15.2. The van der Waals surface area contributed by atoms with Gasteiger partial charge in [0.05, 0.1) is 19.0 Å². The molecule has 4 N–H and O–H groups in total. The Balaban J connectivity index is 0.970. The van der Waals surface area contributed by atoms with Gasteiger partial charge >= 0.3 is 0 Å². The molecule has 0 aliphatic carbocycles. The number of hydrogen-bond donors (Lipinski definition) is 4. The summed E-state index contributed by atoms with van der Waals surface area (Å²) >= 11 is 6.81. The first kappa shape index (κ1) is 36.9. The Labute approximate surface area is 308 Å². The van der Waals surface area contributed by atoms with Gasteiger partial charge in [-0.15, -0.1) is 0 Å². The van der Waals surface area contributed by atoms with Crippen molar-refractivity contribution in [3.05, 3.63) is 88.6 Å². The minimum atomic E-state index is -0.417. The molecule has 14 heteroatoms. The van der Waals surface area contributed by atoms with Gasteiger partial charge in [-0.05, 0) is 73.1 Å². The van der Waals surface area contributed by atoms with Crippen LogP contribution in [0.2, 0.25) is 5.02 Å². The van der Waals surface area contributed by atoms with E-state index in [9.17, 15) is 14.4 Å². The van der Waals surface area contributed by atoms with Crippen LogP contribution < -0.4 is 25.6 Å². The third-order valence-corrected chi connectivity index (χ3v) is 10.6. The Hall–Kier alpha value is -4.88. The van der Waals surface area contributed by atoms with Crippen LogP contribution in [0.5, 0.6) is 5.75 Å². The van der Waals surface area contributed by atoms with E-state index in [2.05, 4.69) is 44.2 Å². The average molecular weight is 733 g/mol. The fraction of sp³-hybridized carbons (Fsp3) is 0.421. The Bertz CT molecular complexity index is 1850. The maximum Gasteiger partial charge on any atom is 0.269 e. The number of carbonyl (C=O) groups is 3. The highest BCUT2D eigenvalue weighted by Gasteiger charge is 2.29.